The lowest BCUT2D eigenvalue weighted by molar-refractivity contribution is 0.104. The lowest BCUT2D eigenvalue weighted by atomic mass is 10.2. The number of H-pyrrole nitrogens is 2. The highest BCUT2D eigenvalue weighted by Crippen LogP contribution is 2.04. The van der Waals surface area contributed by atoms with Gasteiger partial charge in [-0.05, 0) is 30.7 Å². The number of aryl methyl sites for hydroxylation is 1. The number of carbonyl (C=O) groups is 1. The molecule has 2 aromatic rings. The SMILES string of the molecule is Cc1[nH]c(=O)[nH]c1C(=O)/C=C/c1cccnc1. The van der Waals surface area contributed by atoms with Crippen molar-refractivity contribution < 1.29 is 4.79 Å². The summed E-state index contributed by atoms with van der Waals surface area (Å²) in [5.74, 6) is -0.246. The van der Waals surface area contributed by atoms with Crippen LogP contribution in [0.3, 0.4) is 0 Å². The molecule has 0 saturated heterocycles. The Hall–Kier alpha value is -2.43. The zero-order chi connectivity index (χ0) is 12.3. The van der Waals surface area contributed by atoms with Crippen LogP contribution in [0.2, 0.25) is 0 Å². The number of ketones is 1. The number of allylic oxidation sites excluding steroid dienone is 1. The zero-order valence-electron chi connectivity index (χ0n) is 9.23. The van der Waals surface area contributed by atoms with Crippen molar-refractivity contribution in [3.05, 3.63) is 58.0 Å². The van der Waals surface area contributed by atoms with Crippen molar-refractivity contribution in [1.82, 2.24) is 15.0 Å². The molecular formula is C12H11N3O2. The molecule has 0 atom stereocenters. The van der Waals surface area contributed by atoms with Crippen LogP contribution in [0.25, 0.3) is 6.08 Å². The first kappa shape index (κ1) is 11.1. The van der Waals surface area contributed by atoms with Gasteiger partial charge in [-0.3, -0.25) is 9.78 Å². The Bertz CT molecular complexity index is 608. The fourth-order valence-electron chi connectivity index (χ4n) is 1.45. The summed E-state index contributed by atoms with van der Waals surface area (Å²) < 4.78 is 0. The number of nitrogens with zero attached hydrogens (tertiary/aromatic N) is 1. The molecule has 0 aliphatic rings. The van der Waals surface area contributed by atoms with Gasteiger partial charge in [0.2, 0.25) is 5.78 Å². The van der Waals surface area contributed by atoms with E-state index in [0.29, 0.717) is 5.69 Å². The van der Waals surface area contributed by atoms with E-state index < -0.39 is 0 Å². The minimum atomic E-state index is -0.374. The van der Waals surface area contributed by atoms with Crippen molar-refractivity contribution >= 4 is 11.9 Å². The second kappa shape index (κ2) is 4.61. The van der Waals surface area contributed by atoms with E-state index in [-0.39, 0.29) is 17.2 Å². The number of hydrogen-bond donors (Lipinski definition) is 2. The maximum atomic E-state index is 11.8. The number of imidazole rings is 1. The standard InChI is InChI=1S/C12H11N3O2/c1-8-11(15-12(17)14-8)10(16)5-4-9-3-2-6-13-7-9/h2-7H,1H3,(H2,14,15,17)/b5-4+. The molecule has 0 fully saturated rings. The van der Waals surface area contributed by atoms with Crippen LogP contribution in [0.15, 0.2) is 35.4 Å². The van der Waals surface area contributed by atoms with Crippen molar-refractivity contribution in [3.63, 3.8) is 0 Å². The molecule has 5 nitrogen and oxygen atoms in total. The number of rotatable bonds is 3. The maximum Gasteiger partial charge on any atom is 0.323 e. The molecule has 0 saturated carbocycles. The van der Waals surface area contributed by atoms with Crippen molar-refractivity contribution in [2.24, 2.45) is 0 Å². The number of aromatic nitrogens is 3. The molecule has 0 bridgehead atoms. The lowest BCUT2D eigenvalue weighted by Crippen LogP contribution is -2.03. The third kappa shape index (κ3) is 2.57. The highest BCUT2D eigenvalue weighted by atomic mass is 16.1. The molecule has 0 unspecified atom stereocenters. The molecule has 2 N–H and O–H groups in total. The Morgan fingerprint density at radius 2 is 2.24 bits per heavy atom. The molecule has 2 rings (SSSR count). The number of aromatic amines is 2. The van der Waals surface area contributed by atoms with Gasteiger partial charge in [0.05, 0.1) is 0 Å². The van der Waals surface area contributed by atoms with E-state index in [2.05, 4.69) is 15.0 Å². The van der Waals surface area contributed by atoms with Crippen LogP contribution in [0.1, 0.15) is 21.7 Å². The first-order chi connectivity index (χ1) is 8.16. The minimum Gasteiger partial charge on any atom is -0.310 e. The molecule has 0 aliphatic heterocycles. The molecule has 2 aromatic heterocycles. The van der Waals surface area contributed by atoms with Crippen molar-refractivity contribution in [2.75, 3.05) is 0 Å². The summed E-state index contributed by atoms with van der Waals surface area (Å²) in [7, 11) is 0. The first-order valence-corrected chi connectivity index (χ1v) is 5.08. The molecule has 0 aromatic carbocycles. The van der Waals surface area contributed by atoms with E-state index in [1.54, 1.807) is 31.5 Å². The summed E-state index contributed by atoms with van der Waals surface area (Å²) in [5, 5.41) is 0. The second-order valence-corrected chi connectivity index (χ2v) is 3.56. The number of hydrogen-bond acceptors (Lipinski definition) is 3. The second-order valence-electron chi connectivity index (χ2n) is 3.56. The normalized spacial score (nSPS) is 10.9. The molecular weight excluding hydrogens is 218 g/mol. The van der Waals surface area contributed by atoms with Gasteiger partial charge in [-0.2, -0.15) is 0 Å². The average molecular weight is 229 g/mol. The Morgan fingerprint density at radius 3 is 2.82 bits per heavy atom. The summed E-state index contributed by atoms with van der Waals surface area (Å²) >= 11 is 0. The van der Waals surface area contributed by atoms with Gasteiger partial charge in [0.15, 0.2) is 0 Å². The van der Waals surface area contributed by atoms with Gasteiger partial charge in [0.1, 0.15) is 5.69 Å². The van der Waals surface area contributed by atoms with E-state index in [1.165, 1.54) is 6.08 Å². The van der Waals surface area contributed by atoms with Crippen LogP contribution in [-0.2, 0) is 0 Å². The van der Waals surface area contributed by atoms with Crippen molar-refractivity contribution in [2.45, 2.75) is 6.92 Å². The predicted molar refractivity (Wildman–Crippen MR) is 63.8 cm³/mol. The third-order valence-electron chi connectivity index (χ3n) is 2.27. The van der Waals surface area contributed by atoms with Crippen LogP contribution in [0, 0.1) is 6.92 Å². The van der Waals surface area contributed by atoms with Crippen LogP contribution < -0.4 is 5.69 Å². The monoisotopic (exact) mass is 229 g/mol. The Morgan fingerprint density at radius 1 is 1.41 bits per heavy atom. The maximum absolute atomic E-state index is 11.8. The van der Waals surface area contributed by atoms with Crippen molar-refractivity contribution in [3.8, 4) is 0 Å². The fourth-order valence-corrected chi connectivity index (χ4v) is 1.45. The average Bonchev–Trinajstić information content (AvgIpc) is 2.67. The molecule has 2 heterocycles. The highest BCUT2D eigenvalue weighted by molar-refractivity contribution is 6.06. The molecule has 86 valence electrons. The summed E-state index contributed by atoms with van der Waals surface area (Å²) in [4.78, 5) is 31.6. The fraction of sp³-hybridized carbons (Fsp3) is 0.0833. The topological polar surface area (TPSA) is 78.6 Å². The van der Waals surface area contributed by atoms with E-state index in [1.807, 2.05) is 6.07 Å². The van der Waals surface area contributed by atoms with Crippen LogP contribution in [0.4, 0.5) is 0 Å². The highest BCUT2D eigenvalue weighted by Gasteiger charge is 2.08. The van der Waals surface area contributed by atoms with E-state index in [0.717, 1.165) is 5.56 Å². The number of carbonyl (C=O) groups excluding carboxylic acids is 1. The Labute approximate surface area is 97.2 Å². The first-order valence-electron chi connectivity index (χ1n) is 5.08. The van der Waals surface area contributed by atoms with Gasteiger partial charge in [-0.25, -0.2) is 4.79 Å². The van der Waals surface area contributed by atoms with Crippen LogP contribution in [0.5, 0.6) is 0 Å². The van der Waals surface area contributed by atoms with Crippen molar-refractivity contribution in [1.29, 1.82) is 0 Å². The zero-order valence-corrected chi connectivity index (χ0v) is 9.23. The molecule has 0 aliphatic carbocycles. The summed E-state index contributed by atoms with van der Waals surface area (Å²) in [6.45, 7) is 1.67. The van der Waals surface area contributed by atoms with Gasteiger partial charge < -0.3 is 9.97 Å². The van der Waals surface area contributed by atoms with E-state index in [9.17, 15) is 9.59 Å². The summed E-state index contributed by atoms with van der Waals surface area (Å²) in [6, 6.07) is 3.62. The smallest absolute Gasteiger partial charge is 0.310 e. The minimum absolute atomic E-state index is 0.246. The molecule has 0 amide bonds. The molecule has 0 radical (unpaired) electrons. The van der Waals surface area contributed by atoms with Gasteiger partial charge >= 0.3 is 5.69 Å². The summed E-state index contributed by atoms with van der Waals surface area (Å²) in [5.41, 5.74) is 1.28. The van der Waals surface area contributed by atoms with Gasteiger partial charge in [0, 0.05) is 18.1 Å². The number of nitrogens with one attached hydrogen (secondary N) is 2. The lowest BCUT2D eigenvalue weighted by Gasteiger charge is -1.93. The third-order valence-corrected chi connectivity index (χ3v) is 2.27. The van der Waals surface area contributed by atoms with Gasteiger partial charge in [-0.1, -0.05) is 6.07 Å². The summed E-state index contributed by atoms with van der Waals surface area (Å²) in [6.07, 6.45) is 6.37. The molecule has 5 heteroatoms. The van der Waals surface area contributed by atoms with Gasteiger partial charge in [0.25, 0.3) is 0 Å². The van der Waals surface area contributed by atoms with E-state index >= 15 is 0 Å². The number of pyridine rings is 1. The predicted octanol–water partition coefficient (Wildman–Crippen LogP) is 1.30. The van der Waals surface area contributed by atoms with E-state index in [4.69, 9.17) is 0 Å². The largest absolute Gasteiger partial charge is 0.323 e. The van der Waals surface area contributed by atoms with Gasteiger partial charge in [-0.15, -0.1) is 0 Å². The quantitative estimate of drug-likeness (QED) is 0.615. The Kier molecular flexibility index (Phi) is 3.00. The van der Waals surface area contributed by atoms with Crippen LogP contribution in [-0.4, -0.2) is 20.7 Å². The Balaban J connectivity index is 2.20. The van der Waals surface area contributed by atoms with Crippen LogP contribution >= 0.6 is 0 Å². The molecule has 17 heavy (non-hydrogen) atoms. The molecule has 0 spiro atoms.